The van der Waals surface area contributed by atoms with Gasteiger partial charge in [0.25, 0.3) is 0 Å². The minimum Gasteiger partial charge on any atom is -0.392 e. The number of hydrogen-bond donors (Lipinski definition) is 2. The number of hydrogen-bond acceptors (Lipinski definition) is 6. The summed E-state index contributed by atoms with van der Waals surface area (Å²) >= 11 is 0. The highest BCUT2D eigenvalue weighted by molar-refractivity contribution is 5.83. The number of nitriles is 1. The minimum atomic E-state index is -0.299. The highest BCUT2D eigenvalue weighted by Gasteiger charge is 2.16. The number of amides is 1. The molecule has 1 amide bonds. The van der Waals surface area contributed by atoms with Gasteiger partial charge in [-0.05, 0) is 59.5 Å². The van der Waals surface area contributed by atoms with Crippen molar-refractivity contribution >= 4 is 17.9 Å². The van der Waals surface area contributed by atoms with Crippen LogP contribution in [-0.4, -0.2) is 28.0 Å². The third-order valence-electron chi connectivity index (χ3n) is 5.62. The molecule has 0 fully saturated rings. The van der Waals surface area contributed by atoms with E-state index in [1.165, 1.54) is 17.0 Å². The standard InChI is InChI=1S/C28H24FN5O2/c29-24-6-3-4-20(13-24)10-11-32-28-27(34(19-36)17-21-12-22(18-35)16-31-15-21)9-8-26(33-28)25-7-2-1-5-23(25)14-30/h1-9,12-13,15-16,19,35H,10-11,17-18H2,(H,32,33). The molecule has 180 valence electrons. The van der Waals surface area contributed by atoms with Crippen LogP contribution < -0.4 is 10.2 Å². The highest BCUT2D eigenvalue weighted by Crippen LogP contribution is 2.30. The van der Waals surface area contributed by atoms with Crippen molar-refractivity contribution in [2.75, 3.05) is 16.8 Å². The van der Waals surface area contributed by atoms with Crippen LogP contribution in [0.4, 0.5) is 15.9 Å². The normalized spacial score (nSPS) is 10.5. The van der Waals surface area contributed by atoms with Gasteiger partial charge in [-0.15, -0.1) is 0 Å². The Bertz CT molecular complexity index is 1400. The van der Waals surface area contributed by atoms with Crippen molar-refractivity contribution in [3.63, 3.8) is 0 Å². The van der Waals surface area contributed by atoms with Crippen LogP contribution in [0.2, 0.25) is 0 Å². The molecule has 0 aliphatic heterocycles. The molecule has 4 aromatic rings. The Kier molecular flexibility index (Phi) is 7.96. The zero-order valence-corrected chi connectivity index (χ0v) is 19.4. The Balaban J connectivity index is 1.66. The molecule has 8 heteroatoms. The van der Waals surface area contributed by atoms with Crippen LogP contribution >= 0.6 is 0 Å². The van der Waals surface area contributed by atoms with E-state index in [2.05, 4.69) is 16.4 Å². The number of rotatable bonds is 10. The summed E-state index contributed by atoms with van der Waals surface area (Å²) in [6.07, 6.45) is 4.46. The Morgan fingerprint density at radius 1 is 1.03 bits per heavy atom. The molecule has 36 heavy (non-hydrogen) atoms. The van der Waals surface area contributed by atoms with Gasteiger partial charge in [-0.25, -0.2) is 9.37 Å². The van der Waals surface area contributed by atoms with Crippen molar-refractivity contribution < 1.29 is 14.3 Å². The first-order valence-electron chi connectivity index (χ1n) is 11.4. The Labute approximate surface area is 208 Å². The number of nitrogens with zero attached hydrogens (tertiary/aromatic N) is 4. The number of carbonyl (C=O) groups excluding carboxylic acids is 1. The lowest BCUT2D eigenvalue weighted by atomic mass is 10.0. The zero-order chi connectivity index (χ0) is 25.3. The first-order valence-corrected chi connectivity index (χ1v) is 11.4. The smallest absolute Gasteiger partial charge is 0.214 e. The van der Waals surface area contributed by atoms with Crippen LogP contribution in [0.15, 0.2) is 79.1 Å². The number of benzene rings is 2. The van der Waals surface area contributed by atoms with Crippen LogP contribution in [0.1, 0.15) is 22.3 Å². The molecule has 2 aromatic heterocycles. The molecule has 0 aliphatic rings. The largest absolute Gasteiger partial charge is 0.392 e. The van der Waals surface area contributed by atoms with E-state index in [1.807, 2.05) is 18.2 Å². The number of pyridine rings is 2. The van der Waals surface area contributed by atoms with E-state index in [4.69, 9.17) is 4.98 Å². The Morgan fingerprint density at radius 3 is 2.64 bits per heavy atom. The molecule has 7 nitrogen and oxygen atoms in total. The monoisotopic (exact) mass is 481 g/mol. The fourth-order valence-corrected chi connectivity index (χ4v) is 3.88. The van der Waals surface area contributed by atoms with Crippen LogP contribution in [0, 0.1) is 17.1 Å². The summed E-state index contributed by atoms with van der Waals surface area (Å²) in [5, 5.41) is 22.2. The summed E-state index contributed by atoms with van der Waals surface area (Å²) < 4.78 is 13.6. The average molecular weight is 482 g/mol. The molecule has 0 saturated heterocycles. The number of halogens is 1. The fourth-order valence-electron chi connectivity index (χ4n) is 3.88. The van der Waals surface area contributed by atoms with Crippen molar-refractivity contribution in [3.05, 3.63) is 107 Å². The van der Waals surface area contributed by atoms with Gasteiger partial charge in [-0.3, -0.25) is 9.78 Å². The van der Waals surface area contributed by atoms with E-state index in [1.54, 1.807) is 48.8 Å². The second-order valence-corrected chi connectivity index (χ2v) is 8.12. The van der Waals surface area contributed by atoms with E-state index in [9.17, 15) is 19.6 Å². The van der Waals surface area contributed by atoms with Gasteiger partial charge in [-0.2, -0.15) is 5.26 Å². The SMILES string of the molecule is N#Cc1ccccc1-c1ccc(N(C=O)Cc2cncc(CO)c2)c(NCCc2cccc(F)c2)n1. The summed E-state index contributed by atoms with van der Waals surface area (Å²) in [5.74, 6) is 0.155. The molecule has 2 N–H and O–H groups in total. The van der Waals surface area contributed by atoms with Crippen LogP contribution in [0.5, 0.6) is 0 Å². The van der Waals surface area contributed by atoms with Gasteiger partial charge >= 0.3 is 0 Å². The predicted molar refractivity (Wildman–Crippen MR) is 135 cm³/mol. The van der Waals surface area contributed by atoms with Gasteiger partial charge in [0.1, 0.15) is 5.82 Å². The maximum atomic E-state index is 13.6. The van der Waals surface area contributed by atoms with E-state index in [0.717, 1.165) is 11.1 Å². The molecular formula is C28H24FN5O2. The van der Waals surface area contributed by atoms with E-state index in [0.29, 0.717) is 53.3 Å². The van der Waals surface area contributed by atoms with Crippen molar-refractivity contribution in [3.8, 4) is 17.3 Å². The molecule has 0 radical (unpaired) electrons. The molecule has 0 spiro atoms. The van der Waals surface area contributed by atoms with Crippen LogP contribution in [0.25, 0.3) is 11.3 Å². The number of aliphatic hydroxyl groups is 1. The topological polar surface area (TPSA) is 102 Å². The Hall–Kier alpha value is -4.61. The third-order valence-corrected chi connectivity index (χ3v) is 5.62. The van der Waals surface area contributed by atoms with Crippen LogP contribution in [0.3, 0.4) is 0 Å². The molecule has 0 aliphatic carbocycles. The average Bonchev–Trinajstić information content (AvgIpc) is 2.92. The summed E-state index contributed by atoms with van der Waals surface area (Å²) in [6, 6.07) is 21.1. The number of anilines is 2. The van der Waals surface area contributed by atoms with Gasteiger partial charge in [0.15, 0.2) is 5.82 Å². The van der Waals surface area contributed by atoms with Gasteiger partial charge in [0.2, 0.25) is 6.41 Å². The second kappa shape index (κ2) is 11.7. The van der Waals surface area contributed by atoms with Gasteiger partial charge in [-0.1, -0.05) is 30.3 Å². The van der Waals surface area contributed by atoms with Gasteiger partial charge < -0.3 is 15.3 Å². The van der Waals surface area contributed by atoms with E-state index >= 15 is 0 Å². The quantitative estimate of drug-likeness (QED) is 0.324. The summed E-state index contributed by atoms with van der Waals surface area (Å²) in [7, 11) is 0. The predicted octanol–water partition coefficient (Wildman–Crippen LogP) is 4.46. The number of aliphatic hydroxyl groups excluding tert-OH is 1. The second-order valence-electron chi connectivity index (χ2n) is 8.12. The minimum absolute atomic E-state index is 0.149. The molecule has 0 atom stereocenters. The lowest BCUT2D eigenvalue weighted by molar-refractivity contribution is -0.107. The zero-order valence-electron chi connectivity index (χ0n) is 19.4. The van der Waals surface area contributed by atoms with E-state index < -0.39 is 0 Å². The Morgan fingerprint density at radius 2 is 1.86 bits per heavy atom. The lowest BCUT2D eigenvalue weighted by Gasteiger charge is -2.22. The van der Waals surface area contributed by atoms with Crippen molar-refractivity contribution in [1.82, 2.24) is 9.97 Å². The summed E-state index contributed by atoms with van der Waals surface area (Å²) in [6.45, 7) is 0.517. The molecule has 2 aromatic carbocycles. The van der Waals surface area contributed by atoms with Crippen molar-refractivity contribution in [2.24, 2.45) is 0 Å². The van der Waals surface area contributed by atoms with Crippen molar-refractivity contribution in [1.29, 1.82) is 5.26 Å². The maximum Gasteiger partial charge on any atom is 0.214 e. The highest BCUT2D eigenvalue weighted by atomic mass is 19.1. The molecule has 4 rings (SSSR count). The fraction of sp³-hybridized carbons (Fsp3) is 0.143. The van der Waals surface area contributed by atoms with Gasteiger partial charge in [0, 0.05) is 24.5 Å². The van der Waals surface area contributed by atoms with Crippen LogP contribution in [-0.2, 0) is 24.4 Å². The molecule has 0 saturated carbocycles. The van der Waals surface area contributed by atoms with E-state index in [-0.39, 0.29) is 19.0 Å². The lowest BCUT2D eigenvalue weighted by Crippen LogP contribution is -2.23. The number of aromatic nitrogens is 2. The first kappa shape index (κ1) is 24.5. The molecule has 0 bridgehead atoms. The third kappa shape index (κ3) is 5.90. The first-order chi connectivity index (χ1) is 17.6. The number of carbonyl (C=O) groups is 1. The molecule has 0 unspecified atom stereocenters. The van der Waals surface area contributed by atoms with Gasteiger partial charge in [0.05, 0.1) is 36.2 Å². The number of nitrogens with one attached hydrogen (secondary N) is 1. The molecular weight excluding hydrogens is 457 g/mol. The molecule has 2 heterocycles. The summed E-state index contributed by atoms with van der Waals surface area (Å²) in [4.78, 5) is 22.5. The summed E-state index contributed by atoms with van der Waals surface area (Å²) in [5.41, 5.74) is 4.51. The van der Waals surface area contributed by atoms with Crippen molar-refractivity contribution in [2.45, 2.75) is 19.6 Å². The maximum absolute atomic E-state index is 13.6.